The summed E-state index contributed by atoms with van der Waals surface area (Å²) in [6.07, 6.45) is 4.46. The zero-order valence-corrected chi connectivity index (χ0v) is 36.5. The Kier molecular flexibility index (Phi) is 11.9. The predicted molar refractivity (Wildman–Crippen MR) is 227 cm³/mol. The zero-order chi connectivity index (χ0) is 44.0. The first-order chi connectivity index (χ1) is 29.8. The normalized spacial score (nSPS) is 20.9. The molecule has 62 heavy (non-hydrogen) atoms. The van der Waals surface area contributed by atoms with Crippen LogP contribution >= 0.6 is 0 Å². The van der Waals surface area contributed by atoms with Crippen molar-refractivity contribution in [3.63, 3.8) is 0 Å². The van der Waals surface area contributed by atoms with Crippen LogP contribution in [0.15, 0.2) is 36.7 Å². The van der Waals surface area contributed by atoms with Gasteiger partial charge in [-0.1, -0.05) is 27.7 Å². The second-order valence-electron chi connectivity index (χ2n) is 17.4. The molecule has 3 unspecified atom stereocenters. The molecule has 6 heterocycles. The Labute approximate surface area is 360 Å². The van der Waals surface area contributed by atoms with Crippen molar-refractivity contribution in [1.29, 1.82) is 0 Å². The smallest absolute Gasteiger partial charge is 0.407 e. The van der Waals surface area contributed by atoms with Crippen molar-refractivity contribution in [3.8, 4) is 45.1 Å². The molecule has 0 aliphatic carbocycles. The number of nitrogens with zero attached hydrogens (tertiary/aromatic N) is 4. The molecule has 17 nitrogen and oxygen atoms in total. The molecule has 2 aromatic carbocycles. The number of carbonyl (C=O) groups is 4. The Balaban J connectivity index is 1.03. The molecule has 6 atom stereocenters. The highest BCUT2D eigenvalue weighted by Crippen LogP contribution is 2.51. The molecule has 4 aliphatic heterocycles. The van der Waals surface area contributed by atoms with Gasteiger partial charge in [0.05, 0.1) is 56.7 Å². The number of aromatic amines is 2. The number of amides is 4. The average Bonchev–Trinajstić information content (AvgIpc) is 4.09. The summed E-state index contributed by atoms with van der Waals surface area (Å²) >= 11 is 0. The number of imidazole rings is 2. The molecular formula is C45H56N8O9. The molecular weight excluding hydrogens is 797 g/mol. The molecule has 2 fully saturated rings. The maximum Gasteiger partial charge on any atom is 0.407 e. The third-order valence-electron chi connectivity index (χ3n) is 12.6. The number of hydrogen-bond donors (Lipinski definition) is 4. The summed E-state index contributed by atoms with van der Waals surface area (Å²) in [6.45, 7) is 11.2. The number of carbonyl (C=O) groups excluding carboxylic acids is 4. The number of ether oxygens (including phenoxy) is 5. The Hall–Kier alpha value is -6.10. The Morgan fingerprint density at radius 3 is 1.77 bits per heavy atom. The molecule has 0 saturated carbocycles. The van der Waals surface area contributed by atoms with Gasteiger partial charge >= 0.3 is 12.2 Å². The van der Waals surface area contributed by atoms with Gasteiger partial charge in [0.2, 0.25) is 11.8 Å². The molecule has 4 aliphatic rings. The standard InChI is InChI=1S/C45H56N8O9/c1-22(2)38(50-44(56)59-7)42(54)52-18-25(19-58-6)11-33(52)41-47-17-31(49-41)27-13-29-21-61-34-14-26(12-28-20-62-35(15-27)37(29)36(28)34)30-16-46-40(48-30)32-10-9-24(5)53(32)43(55)39(23(3)4)51-45(57)60-8/h12-17,22-25,32-33,38-39H,9-11,18-21H2,1-8H3,(H,46,48)(H,47,49)(H,50,56)(H,51,57)/t24-,25?,32-,33-,38?,39?/m0/s1. The van der Waals surface area contributed by atoms with E-state index in [2.05, 4.69) is 32.7 Å². The summed E-state index contributed by atoms with van der Waals surface area (Å²) in [5.74, 6) is 2.25. The van der Waals surface area contributed by atoms with Gasteiger partial charge in [-0.15, -0.1) is 0 Å². The van der Waals surface area contributed by atoms with Crippen molar-refractivity contribution in [2.24, 2.45) is 17.8 Å². The minimum Gasteiger partial charge on any atom is -0.488 e. The van der Waals surface area contributed by atoms with E-state index < -0.39 is 24.3 Å². The summed E-state index contributed by atoms with van der Waals surface area (Å²) < 4.78 is 28.0. The maximum absolute atomic E-state index is 14.0. The second kappa shape index (κ2) is 17.3. The summed E-state index contributed by atoms with van der Waals surface area (Å²) in [4.78, 5) is 72.4. The number of nitrogens with one attached hydrogen (secondary N) is 4. The lowest BCUT2D eigenvalue weighted by Crippen LogP contribution is -2.52. The first-order valence-corrected chi connectivity index (χ1v) is 21.3. The van der Waals surface area contributed by atoms with Gasteiger partial charge in [-0.3, -0.25) is 9.59 Å². The Morgan fingerprint density at radius 1 is 0.758 bits per heavy atom. The van der Waals surface area contributed by atoms with Crippen LogP contribution in [-0.2, 0) is 37.0 Å². The largest absolute Gasteiger partial charge is 0.488 e. The molecule has 4 N–H and O–H groups in total. The van der Waals surface area contributed by atoms with Crippen LogP contribution in [0, 0.1) is 17.8 Å². The SMILES string of the molecule is COCC1C[C@@H](c2ncc(-c3cc4c5c(c3)OCc3cc(-c6cnc([C@@H]7CC[C@H](C)N7C(=O)C(NC(=O)OC)C(C)C)[nH]6)cc(c3-5)OC4)[nH]2)N(C(=O)C(NC(=O)OC)C(C)C)C1. The number of H-pyrrole nitrogens is 2. The highest BCUT2D eigenvalue weighted by atomic mass is 16.5. The minimum atomic E-state index is -0.765. The quantitative estimate of drug-likeness (QED) is 0.125. The molecule has 4 amide bonds. The summed E-state index contributed by atoms with van der Waals surface area (Å²) in [7, 11) is 4.22. The third-order valence-corrected chi connectivity index (χ3v) is 12.6. The van der Waals surface area contributed by atoms with E-state index in [9.17, 15) is 19.2 Å². The molecule has 2 saturated heterocycles. The fraction of sp³-hybridized carbons (Fsp3) is 0.511. The van der Waals surface area contributed by atoms with E-state index >= 15 is 0 Å². The van der Waals surface area contributed by atoms with Gasteiger partial charge in [0.25, 0.3) is 0 Å². The second-order valence-corrected chi connectivity index (χ2v) is 17.4. The van der Waals surface area contributed by atoms with Crippen LogP contribution in [0.3, 0.4) is 0 Å². The first-order valence-electron chi connectivity index (χ1n) is 21.3. The summed E-state index contributed by atoms with van der Waals surface area (Å²) in [6, 6.07) is 6.06. The van der Waals surface area contributed by atoms with E-state index in [1.165, 1.54) is 14.2 Å². The molecule has 4 aromatic rings. The van der Waals surface area contributed by atoms with E-state index in [1.54, 1.807) is 24.4 Å². The lowest BCUT2D eigenvalue weighted by molar-refractivity contribution is -0.137. The lowest BCUT2D eigenvalue weighted by atomic mass is 9.87. The molecule has 0 radical (unpaired) electrons. The van der Waals surface area contributed by atoms with E-state index in [4.69, 9.17) is 33.7 Å². The van der Waals surface area contributed by atoms with Crippen molar-refractivity contribution >= 4 is 24.0 Å². The minimum absolute atomic E-state index is 0.0337. The van der Waals surface area contributed by atoms with Crippen molar-refractivity contribution in [2.45, 2.75) is 97.3 Å². The van der Waals surface area contributed by atoms with Crippen molar-refractivity contribution < 1.29 is 42.9 Å². The summed E-state index contributed by atoms with van der Waals surface area (Å²) in [5.41, 5.74) is 7.28. The van der Waals surface area contributed by atoms with Crippen LogP contribution in [0.4, 0.5) is 9.59 Å². The molecule has 8 rings (SSSR count). The monoisotopic (exact) mass is 852 g/mol. The first kappa shape index (κ1) is 42.6. The van der Waals surface area contributed by atoms with E-state index in [0.29, 0.717) is 44.4 Å². The predicted octanol–water partition coefficient (Wildman–Crippen LogP) is 6.27. The summed E-state index contributed by atoms with van der Waals surface area (Å²) in [5, 5.41) is 5.44. The highest BCUT2D eigenvalue weighted by Gasteiger charge is 2.43. The van der Waals surface area contributed by atoms with E-state index in [-0.39, 0.29) is 47.7 Å². The van der Waals surface area contributed by atoms with Gasteiger partial charge in [0.15, 0.2) is 0 Å². The van der Waals surface area contributed by atoms with Gasteiger partial charge in [-0.25, -0.2) is 19.6 Å². The van der Waals surface area contributed by atoms with Crippen LogP contribution in [-0.4, -0.2) is 106 Å². The molecule has 17 heteroatoms. The topological polar surface area (TPSA) is 202 Å². The number of hydrogen-bond acceptors (Lipinski definition) is 11. The van der Waals surface area contributed by atoms with E-state index in [1.807, 2.05) is 51.7 Å². The third kappa shape index (κ3) is 7.93. The molecule has 0 bridgehead atoms. The number of benzene rings is 2. The number of alkyl carbamates (subject to hydrolysis) is 2. The number of likely N-dealkylation sites (tertiary alicyclic amines) is 2. The van der Waals surface area contributed by atoms with Gasteiger partial charge in [-0.2, -0.15) is 0 Å². The lowest BCUT2D eigenvalue weighted by Gasteiger charge is -2.33. The Bertz CT molecular complexity index is 2310. The van der Waals surface area contributed by atoms with Crippen molar-refractivity contribution in [3.05, 3.63) is 59.4 Å². The highest BCUT2D eigenvalue weighted by molar-refractivity contribution is 5.89. The van der Waals surface area contributed by atoms with Crippen LogP contribution in [0.1, 0.15) is 88.7 Å². The average molecular weight is 853 g/mol. The fourth-order valence-corrected chi connectivity index (χ4v) is 9.44. The molecule has 0 spiro atoms. The molecule has 2 aromatic heterocycles. The maximum atomic E-state index is 14.0. The van der Waals surface area contributed by atoms with Gasteiger partial charge < -0.3 is 54.1 Å². The van der Waals surface area contributed by atoms with Crippen LogP contribution < -0.4 is 20.1 Å². The number of rotatable bonds is 12. The number of methoxy groups -OCH3 is 3. The van der Waals surface area contributed by atoms with Crippen LogP contribution in [0.25, 0.3) is 33.6 Å². The van der Waals surface area contributed by atoms with Gasteiger partial charge in [-0.05, 0) is 62.3 Å². The van der Waals surface area contributed by atoms with E-state index in [0.717, 1.165) is 69.1 Å². The Morgan fingerprint density at radius 2 is 1.27 bits per heavy atom. The van der Waals surface area contributed by atoms with Gasteiger partial charge in [0.1, 0.15) is 48.4 Å². The van der Waals surface area contributed by atoms with Crippen LogP contribution in [0.2, 0.25) is 0 Å². The van der Waals surface area contributed by atoms with Crippen LogP contribution in [0.5, 0.6) is 11.5 Å². The van der Waals surface area contributed by atoms with Gasteiger partial charge in [0, 0.05) is 59.0 Å². The number of aromatic nitrogens is 4. The van der Waals surface area contributed by atoms with Crippen molar-refractivity contribution in [2.75, 3.05) is 34.5 Å². The molecule has 330 valence electrons. The zero-order valence-electron chi connectivity index (χ0n) is 36.5. The van der Waals surface area contributed by atoms with Crippen molar-refractivity contribution in [1.82, 2.24) is 40.4 Å². The fourth-order valence-electron chi connectivity index (χ4n) is 9.44.